The first-order valence-electron chi connectivity index (χ1n) is 8.15. The summed E-state index contributed by atoms with van der Waals surface area (Å²) in [6.45, 7) is 1.32. The summed E-state index contributed by atoms with van der Waals surface area (Å²) in [5.74, 6) is 2.35. The SMILES string of the molecule is COc1ccc(C(=O)N2CC(c3nc4ccccc4[nH]3)C2)cc1OC. The molecule has 128 valence electrons. The van der Waals surface area contributed by atoms with E-state index in [0.717, 1.165) is 16.9 Å². The number of nitrogens with zero attached hydrogens (tertiary/aromatic N) is 2. The third-order valence-corrected chi connectivity index (χ3v) is 4.59. The second-order valence-corrected chi connectivity index (χ2v) is 6.12. The monoisotopic (exact) mass is 337 g/mol. The minimum atomic E-state index is -0.00619. The summed E-state index contributed by atoms with van der Waals surface area (Å²) in [6, 6.07) is 13.2. The second kappa shape index (κ2) is 6.12. The van der Waals surface area contributed by atoms with Gasteiger partial charge in [-0.2, -0.15) is 0 Å². The molecule has 2 aromatic carbocycles. The molecular weight excluding hydrogens is 318 g/mol. The van der Waals surface area contributed by atoms with Crippen LogP contribution in [-0.2, 0) is 0 Å². The van der Waals surface area contributed by atoms with Crippen molar-refractivity contribution in [1.82, 2.24) is 14.9 Å². The zero-order chi connectivity index (χ0) is 17.4. The van der Waals surface area contributed by atoms with Crippen molar-refractivity contribution in [2.24, 2.45) is 0 Å². The number of benzene rings is 2. The third kappa shape index (κ3) is 2.69. The molecule has 1 saturated heterocycles. The molecule has 0 saturated carbocycles. The molecule has 0 unspecified atom stereocenters. The van der Waals surface area contributed by atoms with Crippen LogP contribution in [0.5, 0.6) is 11.5 Å². The number of para-hydroxylation sites is 2. The van der Waals surface area contributed by atoms with Crippen LogP contribution in [0.2, 0.25) is 0 Å². The lowest BCUT2D eigenvalue weighted by Crippen LogP contribution is -2.48. The first kappa shape index (κ1) is 15.5. The molecule has 1 N–H and O–H groups in total. The summed E-state index contributed by atoms with van der Waals surface area (Å²) in [7, 11) is 3.14. The number of rotatable bonds is 4. The van der Waals surface area contributed by atoms with Crippen molar-refractivity contribution in [2.75, 3.05) is 27.3 Å². The molecule has 0 aliphatic carbocycles. The number of hydrogen-bond acceptors (Lipinski definition) is 4. The maximum absolute atomic E-state index is 12.6. The van der Waals surface area contributed by atoms with Gasteiger partial charge in [0.05, 0.1) is 31.2 Å². The molecule has 1 fully saturated rings. The molecule has 0 radical (unpaired) electrons. The van der Waals surface area contributed by atoms with E-state index in [9.17, 15) is 4.79 Å². The standard InChI is InChI=1S/C19H19N3O3/c1-24-16-8-7-12(9-17(16)25-2)19(23)22-10-13(11-22)18-20-14-5-3-4-6-15(14)21-18/h3-9,13H,10-11H2,1-2H3,(H,20,21). The van der Waals surface area contributed by atoms with Crippen LogP contribution in [-0.4, -0.2) is 48.1 Å². The van der Waals surface area contributed by atoms with Gasteiger partial charge in [0.2, 0.25) is 0 Å². The van der Waals surface area contributed by atoms with Gasteiger partial charge in [-0.1, -0.05) is 12.1 Å². The Balaban J connectivity index is 1.47. The Labute approximate surface area is 145 Å². The summed E-state index contributed by atoms with van der Waals surface area (Å²) in [5, 5.41) is 0. The van der Waals surface area contributed by atoms with Crippen LogP contribution in [0.25, 0.3) is 11.0 Å². The number of carbonyl (C=O) groups is 1. The molecule has 0 atom stereocenters. The van der Waals surface area contributed by atoms with Gasteiger partial charge >= 0.3 is 0 Å². The Hall–Kier alpha value is -3.02. The molecule has 1 aromatic heterocycles. The van der Waals surface area contributed by atoms with Gasteiger partial charge in [-0.25, -0.2) is 4.98 Å². The summed E-state index contributed by atoms with van der Waals surface area (Å²) >= 11 is 0. The van der Waals surface area contributed by atoms with E-state index in [1.165, 1.54) is 0 Å². The highest BCUT2D eigenvalue weighted by molar-refractivity contribution is 5.95. The number of hydrogen-bond donors (Lipinski definition) is 1. The van der Waals surface area contributed by atoms with Gasteiger partial charge in [0.1, 0.15) is 5.82 Å². The molecule has 3 aromatic rings. The van der Waals surface area contributed by atoms with E-state index in [2.05, 4.69) is 9.97 Å². The van der Waals surface area contributed by atoms with Crippen molar-refractivity contribution in [1.29, 1.82) is 0 Å². The van der Waals surface area contributed by atoms with E-state index in [4.69, 9.17) is 9.47 Å². The average molecular weight is 337 g/mol. The molecule has 25 heavy (non-hydrogen) atoms. The van der Waals surface area contributed by atoms with Gasteiger partial charge in [0.15, 0.2) is 11.5 Å². The summed E-state index contributed by atoms with van der Waals surface area (Å²) in [6.07, 6.45) is 0. The number of ether oxygens (including phenoxy) is 2. The number of nitrogens with one attached hydrogen (secondary N) is 1. The van der Waals surface area contributed by atoms with E-state index in [1.807, 2.05) is 29.2 Å². The summed E-state index contributed by atoms with van der Waals surface area (Å²) in [5.41, 5.74) is 2.59. The molecule has 2 heterocycles. The smallest absolute Gasteiger partial charge is 0.254 e. The molecule has 0 bridgehead atoms. The minimum absolute atomic E-state index is 0.00619. The van der Waals surface area contributed by atoms with E-state index in [0.29, 0.717) is 30.2 Å². The first-order valence-corrected chi connectivity index (χ1v) is 8.15. The third-order valence-electron chi connectivity index (χ3n) is 4.59. The molecule has 6 nitrogen and oxygen atoms in total. The Morgan fingerprint density at radius 2 is 1.88 bits per heavy atom. The van der Waals surface area contributed by atoms with Crippen LogP contribution in [0, 0.1) is 0 Å². The Bertz CT molecular complexity index is 896. The number of fused-ring (bicyclic) bond motifs is 1. The minimum Gasteiger partial charge on any atom is -0.493 e. The largest absolute Gasteiger partial charge is 0.493 e. The van der Waals surface area contributed by atoms with E-state index >= 15 is 0 Å². The van der Waals surface area contributed by atoms with Crippen molar-refractivity contribution in [3.63, 3.8) is 0 Å². The van der Waals surface area contributed by atoms with Crippen molar-refractivity contribution in [3.8, 4) is 11.5 Å². The van der Waals surface area contributed by atoms with E-state index < -0.39 is 0 Å². The highest BCUT2D eigenvalue weighted by atomic mass is 16.5. The van der Waals surface area contributed by atoms with Crippen LogP contribution in [0.1, 0.15) is 22.1 Å². The van der Waals surface area contributed by atoms with Crippen LogP contribution < -0.4 is 9.47 Å². The molecule has 1 amide bonds. The van der Waals surface area contributed by atoms with Gasteiger partial charge < -0.3 is 19.4 Å². The van der Waals surface area contributed by atoms with Crippen LogP contribution in [0.4, 0.5) is 0 Å². The fraction of sp³-hybridized carbons (Fsp3) is 0.263. The predicted octanol–water partition coefficient (Wildman–Crippen LogP) is 2.82. The molecule has 0 spiro atoms. The lowest BCUT2D eigenvalue weighted by atomic mass is 9.98. The first-order chi connectivity index (χ1) is 12.2. The number of imidazole rings is 1. The highest BCUT2D eigenvalue weighted by Gasteiger charge is 2.34. The summed E-state index contributed by atoms with van der Waals surface area (Å²) in [4.78, 5) is 22.4. The van der Waals surface area contributed by atoms with Gasteiger partial charge in [-0.3, -0.25) is 4.79 Å². The lowest BCUT2D eigenvalue weighted by Gasteiger charge is -2.38. The number of aromatic nitrogens is 2. The molecule has 1 aliphatic rings. The fourth-order valence-corrected chi connectivity index (χ4v) is 3.14. The second-order valence-electron chi connectivity index (χ2n) is 6.12. The number of amides is 1. The number of likely N-dealkylation sites (tertiary alicyclic amines) is 1. The number of carbonyl (C=O) groups excluding carboxylic acids is 1. The zero-order valence-electron chi connectivity index (χ0n) is 14.2. The maximum Gasteiger partial charge on any atom is 0.254 e. The molecule has 1 aliphatic heterocycles. The van der Waals surface area contributed by atoms with Crippen molar-refractivity contribution in [3.05, 3.63) is 53.9 Å². The molecule has 4 rings (SSSR count). The molecule has 6 heteroatoms. The quantitative estimate of drug-likeness (QED) is 0.795. The van der Waals surface area contributed by atoms with E-state index in [1.54, 1.807) is 32.4 Å². The number of aromatic amines is 1. The number of H-pyrrole nitrogens is 1. The Morgan fingerprint density at radius 1 is 1.12 bits per heavy atom. The van der Waals surface area contributed by atoms with Gasteiger partial charge in [0.25, 0.3) is 5.91 Å². The maximum atomic E-state index is 12.6. The highest BCUT2D eigenvalue weighted by Crippen LogP contribution is 2.31. The van der Waals surface area contributed by atoms with Crippen LogP contribution in [0.3, 0.4) is 0 Å². The van der Waals surface area contributed by atoms with Gasteiger partial charge in [-0.15, -0.1) is 0 Å². The van der Waals surface area contributed by atoms with Crippen molar-refractivity contribution >= 4 is 16.9 Å². The average Bonchev–Trinajstić information content (AvgIpc) is 3.03. The van der Waals surface area contributed by atoms with E-state index in [-0.39, 0.29) is 11.8 Å². The summed E-state index contributed by atoms with van der Waals surface area (Å²) < 4.78 is 10.5. The normalized spacial score (nSPS) is 14.4. The van der Waals surface area contributed by atoms with Gasteiger partial charge in [0, 0.05) is 18.7 Å². The fourth-order valence-electron chi connectivity index (χ4n) is 3.14. The Kier molecular flexibility index (Phi) is 3.80. The van der Waals surface area contributed by atoms with Crippen LogP contribution >= 0.6 is 0 Å². The lowest BCUT2D eigenvalue weighted by molar-refractivity contribution is 0.0595. The topological polar surface area (TPSA) is 67.5 Å². The van der Waals surface area contributed by atoms with Crippen molar-refractivity contribution < 1.29 is 14.3 Å². The van der Waals surface area contributed by atoms with Crippen molar-refractivity contribution in [2.45, 2.75) is 5.92 Å². The Morgan fingerprint density at radius 3 is 2.60 bits per heavy atom. The zero-order valence-corrected chi connectivity index (χ0v) is 14.2. The molecular formula is C19H19N3O3. The number of methoxy groups -OCH3 is 2. The predicted molar refractivity (Wildman–Crippen MR) is 94.3 cm³/mol. The van der Waals surface area contributed by atoms with Crippen LogP contribution in [0.15, 0.2) is 42.5 Å². The van der Waals surface area contributed by atoms with Gasteiger partial charge in [-0.05, 0) is 30.3 Å².